The number of carbonyl (C=O) groups is 2. The number of nitrogens with one attached hydrogen (secondary N) is 2. The number of rotatable bonds is 8. The van der Waals surface area contributed by atoms with Crippen LogP contribution < -0.4 is 15.4 Å². The number of amides is 3. The van der Waals surface area contributed by atoms with Crippen molar-refractivity contribution in [3.8, 4) is 5.75 Å². The summed E-state index contributed by atoms with van der Waals surface area (Å²) in [5.41, 5.74) is 0.935. The first-order chi connectivity index (χ1) is 23.7. The van der Waals surface area contributed by atoms with Gasteiger partial charge in [-0.25, -0.2) is 9.18 Å². The third-order valence-corrected chi connectivity index (χ3v) is 8.64. The number of ether oxygens (including phenoxy) is 2. The predicted octanol–water partition coefficient (Wildman–Crippen LogP) is 7.42. The van der Waals surface area contributed by atoms with Gasteiger partial charge in [0, 0.05) is 43.5 Å². The van der Waals surface area contributed by atoms with E-state index in [1.807, 2.05) is 25.8 Å². The topological polar surface area (TPSA) is 103 Å². The van der Waals surface area contributed by atoms with Gasteiger partial charge in [-0.1, -0.05) is 19.1 Å². The highest BCUT2D eigenvalue weighted by molar-refractivity contribution is 6.02. The van der Waals surface area contributed by atoms with E-state index >= 15 is 0 Å². The largest absolute Gasteiger partial charge is 0.490 e. The summed E-state index contributed by atoms with van der Waals surface area (Å²) in [7, 11) is 1.87. The Morgan fingerprint density at radius 3 is 2.34 bits per heavy atom. The van der Waals surface area contributed by atoms with Crippen molar-refractivity contribution < 1.29 is 41.7 Å². The van der Waals surface area contributed by atoms with Crippen molar-refractivity contribution in [1.82, 2.24) is 9.80 Å². The van der Waals surface area contributed by atoms with Crippen LogP contribution in [0.15, 0.2) is 66.7 Å². The van der Waals surface area contributed by atoms with Crippen molar-refractivity contribution in [2.45, 2.75) is 71.0 Å². The second kappa shape index (κ2) is 17.6. The first-order valence-electron chi connectivity index (χ1n) is 16.8. The highest BCUT2D eigenvalue weighted by Gasteiger charge is 2.32. The number of carbonyl (C=O) groups excluding carboxylic acids is 2. The summed E-state index contributed by atoms with van der Waals surface area (Å²) in [6, 6.07) is 14.0. The summed E-state index contributed by atoms with van der Waals surface area (Å²) < 4.78 is 65.1. The van der Waals surface area contributed by atoms with Crippen LogP contribution in [0, 0.1) is 11.7 Å². The van der Waals surface area contributed by atoms with Gasteiger partial charge in [0.2, 0.25) is 0 Å². The number of urea groups is 1. The fourth-order valence-corrected chi connectivity index (χ4v) is 5.77. The van der Waals surface area contributed by atoms with E-state index in [1.54, 1.807) is 24.0 Å². The van der Waals surface area contributed by atoms with Crippen LogP contribution in [-0.4, -0.2) is 78.4 Å². The summed E-state index contributed by atoms with van der Waals surface area (Å²) in [5.74, 6) is -0.709. The smallest absolute Gasteiger partial charge is 0.416 e. The number of alkyl halides is 3. The molecule has 3 aromatic rings. The lowest BCUT2D eigenvalue weighted by molar-refractivity contribution is -0.137. The van der Waals surface area contributed by atoms with Gasteiger partial charge < -0.3 is 30.1 Å². The van der Waals surface area contributed by atoms with Crippen LogP contribution in [0.25, 0.3) is 0 Å². The van der Waals surface area contributed by atoms with Crippen LogP contribution in [-0.2, 0) is 17.5 Å². The van der Waals surface area contributed by atoms with Crippen molar-refractivity contribution >= 4 is 23.3 Å². The maximum absolute atomic E-state index is 14.3. The molecule has 3 amide bonds. The monoisotopic (exact) mass is 702 g/mol. The first kappa shape index (κ1) is 38.6. The molecule has 0 saturated heterocycles. The van der Waals surface area contributed by atoms with E-state index in [-0.39, 0.29) is 36.8 Å². The summed E-state index contributed by atoms with van der Waals surface area (Å²) in [6.45, 7) is 6.85. The van der Waals surface area contributed by atoms with Crippen LogP contribution in [0.4, 0.5) is 33.7 Å². The Morgan fingerprint density at radius 2 is 1.68 bits per heavy atom. The maximum atomic E-state index is 14.3. The van der Waals surface area contributed by atoms with Gasteiger partial charge in [-0.15, -0.1) is 0 Å². The number of fused-ring (bicyclic) bond motifs is 1. The van der Waals surface area contributed by atoms with Gasteiger partial charge in [-0.05, 0) is 100 Å². The molecular weight excluding hydrogens is 656 g/mol. The molecular formula is C37H46F4N4O5. The van der Waals surface area contributed by atoms with E-state index in [9.17, 15) is 32.3 Å². The van der Waals surface area contributed by atoms with Gasteiger partial charge in [0.25, 0.3) is 5.91 Å². The second-order valence-electron chi connectivity index (χ2n) is 13.0. The van der Waals surface area contributed by atoms with Gasteiger partial charge in [0.1, 0.15) is 11.6 Å². The van der Waals surface area contributed by atoms with E-state index in [4.69, 9.17) is 9.47 Å². The van der Waals surface area contributed by atoms with E-state index < -0.39 is 35.5 Å². The van der Waals surface area contributed by atoms with Crippen molar-refractivity contribution in [1.29, 1.82) is 0 Å². The number of aliphatic hydroxyl groups is 1. The average molecular weight is 703 g/mol. The minimum atomic E-state index is -4.41. The minimum Gasteiger partial charge on any atom is -0.490 e. The van der Waals surface area contributed by atoms with Crippen molar-refractivity contribution in [2.75, 3.05) is 44.0 Å². The molecule has 0 bridgehead atoms. The van der Waals surface area contributed by atoms with E-state index in [0.717, 1.165) is 30.5 Å². The molecule has 0 aliphatic carbocycles. The molecule has 0 aromatic heterocycles. The fourth-order valence-electron chi connectivity index (χ4n) is 5.77. The molecule has 0 radical (unpaired) electrons. The normalized spacial score (nSPS) is 20.0. The van der Waals surface area contributed by atoms with Crippen molar-refractivity contribution in [3.05, 3.63) is 89.2 Å². The molecule has 4 rings (SSSR count). The van der Waals surface area contributed by atoms with Crippen LogP contribution in [0.1, 0.15) is 61.5 Å². The number of halogens is 4. The Kier molecular flexibility index (Phi) is 13.6. The molecule has 0 unspecified atom stereocenters. The third-order valence-electron chi connectivity index (χ3n) is 8.64. The zero-order valence-corrected chi connectivity index (χ0v) is 28.8. The lowest BCUT2D eigenvalue weighted by Gasteiger charge is -2.36. The van der Waals surface area contributed by atoms with Crippen LogP contribution in [0.2, 0.25) is 0 Å². The molecule has 3 aromatic carbocycles. The zero-order chi connectivity index (χ0) is 36.4. The van der Waals surface area contributed by atoms with E-state index in [1.165, 1.54) is 42.5 Å². The van der Waals surface area contributed by atoms with Crippen LogP contribution in [0.3, 0.4) is 0 Å². The Labute approximate surface area is 290 Å². The number of hydrogen-bond donors (Lipinski definition) is 3. The number of benzene rings is 3. The van der Waals surface area contributed by atoms with E-state index in [2.05, 4.69) is 10.6 Å². The highest BCUT2D eigenvalue weighted by Crippen LogP contribution is 2.30. The second-order valence-corrected chi connectivity index (χ2v) is 13.0. The molecule has 0 spiro atoms. The van der Waals surface area contributed by atoms with Crippen molar-refractivity contribution in [3.63, 3.8) is 0 Å². The summed E-state index contributed by atoms with van der Waals surface area (Å²) >= 11 is 0. The third kappa shape index (κ3) is 11.2. The Hall–Kier alpha value is -4.20. The predicted molar refractivity (Wildman–Crippen MR) is 184 cm³/mol. The molecule has 50 heavy (non-hydrogen) atoms. The quantitative estimate of drug-likeness (QED) is 0.211. The first-order valence-corrected chi connectivity index (χ1v) is 16.8. The Balaban J connectivity index is 1.56. The van der Waals surface area contributed by atoms with Gasteiger partial charge in [0.15, 0.2) is 0 Å². The van der Waals surface area contributed by atoms with Crippen LogP contribution >= 0.6 is 0 Å². The molecule has 4 atom stereocenters. The molecule has 1 aliphatic heterocycles. The minimum absolute atomic E-state index is 0.206. The fraction of sp³-hybridized carbons (Fsp3) is 0.459. The molecule has 0 saturated carbocycles. The van der Waals surface area contributed by atoms with Gasteiger partial charge in [-0.3, -0.25) is 9.69 Å². The molecule has 1 aliphatic rings. The number of anilines is 2. The SMILES string of the molecule is C[C@@H]1CCCCO[C@H](CN(C)Cc2ccc(C(F)(F)F)cc2)[C@H](C)CN([C@H](C)CO)C(=O)c2cc(NC(=O)Nc3ccc(F)cc3)ccc2O1. The molecule has 3 N–H and O–H groups in total. The summed E-state index contributed by atoms with van der Waals surface area (Å²) in [6.07, 6.45) is -2.70. The van der Waals surface area contributed by atoms with E-state index in [0.29, 0.717) is 43.2 Å². The number of nitrogens with zero attached hydrogens (tertiary/aromatic N) is 2. The van der Waals surface area contributed by atoms with Crippen LogP contribution in [0.5, 0.6) is 5.75 Å². The maximum Gasteiger partial charge on any atom is 0.416 e. The van der Waals surface area contributed by atoms with Gasteiger partial charge in [-0.2, -0.15) is 13.2 Å². The number of likely N-dealkylation sites (N-methyl/N-ethyl adjacent to an activating group) is 1. The highest BCUT2D eigenvalue weighted by atomic mass is 19.4. The van der Waals surface area contributed by atoms with Gasteiger partial charge in [0.05, 0.1) is 36.0 Å². The summed E-state index contributed by atoms with van der Waals surface area (Å²) in [4.78, 5) is 30.6. The molecule has 272 valence electrons. The Morgan fingerprint density at radius 1 is 1.02 bits per heavy atom. The summed E-state index contributed by atoms with van der Waals surface area (Å²) in [5, 5.41) is 15.6. The van der Waals surface area contributed by atoms with Gasteiger partial charge >= 0.3 is 12.2 Å². The standard InChI is InChI=1S/C37H46F4N4O5/c1-24-20-45(25(2)23-46)35(47)32-19-31(43-36(48)42-30-14-12-29(38)13-15-30)16-17-33(32)50-26(3)7-5-6-18-49-34(24)22-44(4)21-27-8-10-28(11-9-27)37(39,40)41/h8-17,19,24-26,34,46H,5-7,18,20-23H2,1-4H3,(H2,42,43,48)/t24-,25-,26-,34-/m1/s1. The van der Waals surface area contributed by atoms with Crippen molar-refractivity contribution in [2.24, 2.45) is 5.92 Å². The molecule has 1 heterocycles. The number of aliphatic hydroxyl groups excluding tert-OH is 1. The molecule has 9 nitrogen and oxygen atoms in total. The zero-order valence-electron chi connectivity index (χ0n) is 28.8. The lowest BCUT2D eigenvalue weighted by atomic mass is 10.0. The Bertz CT molecular complexity index is 1550. The molecule has 13 heteroatoms. The average Bonchev–Trinajstić information content (AvgIpc) is 3.07. The molecule has 0 fully saturated rings. The lowest BCUT2D eigenvalue weighted by Crippen LogP contribution is -2.47. The number of hydrogen-bond acceptors (Lipinski definition) is 6.